The van der Waals surface area contributed by atoms with E-state index in [0.717, 1.165) is 22.4 Å². The van der Waals surface area contributed by atoms with Crippen LogP contribution in [0.5, 0.6) is 5.75 Å². The van der Waals surface area contributed by atoms with Crippen LogP contribution in [0.3, 0.4) is 0 Å². The van der Waals surface area contributed by atoms with Gasteiger partial charge in [0.2, 0.25) is 11.8 Å². The van der Waals surface area contributed by atoms with Crippen molar-refractivity contribution in [3.8, 4) is 5.75 Å². The Labute approximate surface area is 214 Å². The predicted molar refractivity (Wildman–Crippen MR) is 143 cm³/mol. The van der Waals surface area contributed by atoms with Gasteiger partial charge in [0, 0.05) is 31.1 Å². The lowest BCUT2D eigenvalue weighted by Gasteiger charge is -2.34. The van der Waals surface area contributed by atoms with Gasteiger partial charge in [-0.25, -0.2) is 0 Å². The lowest BCUT2D eigenvalue weighted by molar-refractivity contribution is -0.136. The van der Waals surface area contributed by atoms with E-state index in [-0.39, 0.29) is 23.7 Å². The first kappa shape index (κ1) is 25.5. The summed E-state index contributed by atoms with van der Waals surface area (Å²) in [4.78, 5) is 28.6. The van der Waals surface area contributed by atoms with E-state index in [1.165, 1.54) is 5.56 Å². The van der Waals surface area contributed by atoms with E-state index >= 15 is 0 Å². The van der Waals surface area contributed by atoms with Crippen LogP contribution in [0.25, 0.3) is 0 Å². The highest BCUT2D eigenvalue weighted by atomic mass is 16.5. The van der Waals surface area contributed by atoms with Crippen molar-refractivity contribution in [2.75, 3.05) is 20.2 Å². The fraction of sp³-hybridized carbons (Fsp3) is 0.355. The van der Waals surface area contributed by atoms with E-state index in [1.807, 2.05) is 71.6 Å². The Morgan fingerprint density at radius 1 is 0.889 bits per heavy atom. The first-order valence-electron chi connectivity index (χ1n) is 12.8. The summed E-state index contributed by atoms with van der Waals surface area (Å²) in [5.74, 6) is 0.901. The van der Waals surface area contributed by atoms with Crippen LogP contribution in [-0.4, -0.2) is 36.9 Å². The summed E-state index contributed by atoms with van der Waals surface area (Å²) in [6, 6.07) is 26.0. The highest BCUT2D eigenvalue weighted by molar-refractivity contribution is 5.87. The summed E-state index contributed by atoms with van der Waals surface area (Å²) < 4.78 is 5.50. The fourth-order valence-corrected chi connectivity index (χ4v) is 4.94. The standard InChI is InChI=1S/C31H36N2O3/c1-22(2)26-14-15-28(36-3)27(20-26)21-32-30(34)25-16-18-33(19-17-25)31(35)29(23-10-6-4-7-11-23)24-12-8-5-9-13-24/h4-15,20,22,25,29H,16-19,21H2,1-3H3,(H,32,34). The van der Waals surface area contributed by atoms with Gasteiger partial charge in [-0.2, -0.15) is 0 Å². The van der Waals surface area contributed by atoms with Crippen molar-refractivity contribution < 1.29 is 14.3 Å². The van der Waals surface area contributed by atoms with Gasteiger partial charge in [-0.15, -0.1) is 0 Å². The number of likely N-dealkylation sites (tertiary alicyclic amines) is 1. The Morgan fingerprint density at radius 2 is 1.47 bits per heavy atom. The highest BCUT2D eigenvalue weighted by Crippen LogP contribution is 2.29. The second-order valence-electron chi connectivity index (χ2n) is 9.80. The highest BCUT2D eigenvalue weighted by Gasteiger charge is 2.32. The number of methoxy groups -OCH3 is 1. The third-order valence-electron chi connectivity index (χ3n) is 7.11. The first-order valence-corrected chi connectivity index (χ1v) is 12.8. The Kier molecular flexibility index (Phi) is 8.42. The molecule has 1 aliphatic heterocycles. The molecule has 1 saturated heterocycles. The normalized spacial score (nSPS) is 14.2. The smallest absolute Gasteiger partial charge is 0.234 e. The minimum Gasteiger partial charge on any atom is -0.496 e. The topological polar surface area (TPSA) is 58.6 Å². The summed E-state index contributed by atoms with van der Waals surface area (Å²) in [7, 11) is 1.65. The summed E-state index contributed by atoms with van der Waals surface area (Å²) in [5.41, 5.74) is 4.19. The summed E-state index contributed by atoms with van der Waals surface area (Å²) in [5, 5.41) is 3.11. The van der Waals surface area contributed by atoms with Gasteiger partial charge in [0.15, 0.2) is 0 Å². The average molecular weight is 485 g/mol. The molecule has 0 spiro atoms. The minimum absolute atomic E-state index is 0.0433. The number of amides is 2. The number of ether oxygens (including phenoxy) is 1. The van der Waals surface area contributed by atoms with Crippen LogP contribution < -0.4 is 10.1 Å². The van der Waals surface area contributed by atoms with E-state index in [2.05, 4.69) is 31.3 Å². The zero-order chi connectivity index (χ0) is 25.5. The van der Waals surface area contributed by atoms with Crippen molar-refractivity contribution in [1.82, 2.24) is 10.2 Å². The molecule has 5 heteroatoms. The van der Waals surface area contributed by atoms with Gasteiger partial charge in [-0.3, -0.25) is 9.59 Å². The van der Waals surface area contributed by atoms with Gasteiger partial charge in [-0.1, -0.05) is 86.6 Å². The number of nitrogens with one attached hydrogen (secondary N) is 1. The van der Waals surface area contributed by atoms with Gasteiger partial charge < -0.3 is 15.0 Å². The molecular weight excluding hydrogens is 448 g/mol. The molecule has 36 heavy (non-hydrogen) atoms. The first-order chi connectivity index (χ1) is 17.5. The number of hydrogen-bond acceptors (Lipinski definition) is 3. The van der Waals surface area contributed by atoms with E-state index in [0.29, 0.717) is 38.4 Å². The second kappa shape index (κ2) is 11.9. The zero-order valence-corrected chi connectivity index (χ0v) is 21.4. The number of piperidine rings is 1. The molecule has 1 aliphatic rings. The molecule has 1 heterocycles. The monoisotopic (exact) mass is 484 g/mol. The number of benzene rings is 3. The minimum atomic E-state index is -0.335. The number of nitrogens with zero attached hydrogens (tertiary/aromatic N) is 1. The van der Waals surface area contributed by atoms with Gasteiger partial charge in [0.25, 0.3) is 0 Å². The molecule has 1 fully saturated rings. The molecule has 0 radical (unpaired) electrons. The molecule has 5 nitrogen and oxygen atoms in total. The molecule has 0 unspecified atom stereocenters. The third kappa shape index (κ3) is 5.96. The lowest BCUT2D eigenvalue weighted by atomic mass is 9.88. The number of carbonyl (C=O) groups excluding carboxylic acids is 2. The number of carbonyl (C=O) groups is 2. The summed E-state index contributed by atoms with van der Waals surface area (Å²) in [6.45, 7) is 5.91. The average Bonchev–Trinajstić information content (AvgIpc) is 2.93. The van der Waals surface area contributed by atoms with Crippen molar-refractivity contribution in [3.63, 3.8) is 0 Å². The molecule has 0 aromatic heterocycles. The maximum atomic E-state index is 13.7. The third-order valence-corrected chi connectivity index (χ3v) is 7.11. The lowest BCUT2D eigenvalue weighted by Crippen LogP contribution is -2.44. The fourth-order valence-electron chi connectivity index (χ4n) is 4.94. The summed E-state index contributed by atoms with van der Waals surface area (Å²) in [6.07, 6.45) is 1.33. The van der Waals surface area contributed by atoms with Crippen molar-refractivity contribution in [1.29, 1.82) is 0 Å². The molecular formula is C31H36N2O3. The molecule has 1 N–H and O–H groups in total. The molecule has 0 aliphatic carbocycles. The molecule has 0 saturated carbocycles. The van der Waals surface area contributed by atoms with Crippen molar-refractivity contribution >= 4 is 11.8 Å². The van der Waals surface area contributed by atoms with Crippen LogP contribution >= 0.6 is 0 Å². The van der Waals surface area contributed by atoms with Gasteiger partial charge in [0.1, 0.15) is 5.75 Å². The molecule has 2 amide bonds. The van der Waals surface area contributed by atoms with Crippen LogP contribution in [0.1, 0.15) is 60.8 Å². The van der Waals surface area contributed by atoms with Crippen LogP contribution in [-0.2, 0) is 16.1 Å². The molecule has 3 aromatic rings. The Hall–Kier alpha value is -3.60. The van der Waals surface area contributed by atoms with Crippen LogP contribution in [0, 0.1) is 5.92 Å². The van der Waals surface area contributed by atoms with E-state index < -0.39 is 0 Å². The molecule has 0 atom stereocenters. The Morgan fingerprint density at radius 3 is 2.00 bits per heavy atom. The molecule has 3 aromatic carbocycles. The Bertz CT molecular complexity index is 1110. The maximum absolute atomic E-state index is 13.7. The van der Waals surface area contributed by atoms with Crippen LogP contribution in [0.4, 0.5) is 0 Å². The number of rotatable bonds is 8. The van der Waals surface area contributed by atoms with Gasteiger partial charge in [0.05, 0.1) is 13.0 Å². The number of hydrogen-bond donors (Lipinski definition) is 1. The molecule has 4 rings (SSSR count). The molecule has 0 bridgehead atoms. The van der Waals surface area contributed by atoms with Crippen LogP contribution in [0.2, 0.25) is 0 Å². The Balaban J connectivity index is 1.38. The zero-order valence-electron chi connectivity index (χ0n) is 21.4. The van der Waals surface area contributed by atoms with E-state index in [9.17, 15) is 9.59 Å². The van der Waals surface area contributed by atoms with E-state index in [4.69, 9.17) is 4.74 Å². The van der Waals surface area contributed by atoms with Crippen molar-refractivity contribution in [2.45, 2.75) is 45.1 Å². The largest absolute Gasteiger partial charge is 0.496 e. The van der Waals surface area contributed by atoms with Crippen molar-refractivity contribution in [2.24, 2.45) is 5.92 Å². The quantitative estimate of drug-likeness (QED) is 0.459. The maximum Gasteiger partial charge on any atom is 0.234 e. The van der Waals surface area contributed by atoms with E-state index in [1.54, 1.807) is 7.11 Å². The molecule has 188 valence electrons. The van der Waals surface area contributed by atoms with Gasteiger partial charge in [-0.05, 0) is 41.5 Å². The SMILES string of the molecule is COc1ccc(C(C)C)cc1CNC(=O)C1CCN(C(=O)C(c2ccccc2)c2ccccc2)CC1. The summed E-state index contributed by atoms with van der Waals surface area (Å²) >= 11 is 0. The predicted octanol–water partition coefficient (Wildman–Crippen LogP) is 5.51. The van der Waals surface area contributed by atoms with Crippen LogP contribution in [0.15, 0.2) is 78.9 Å². The van der Waals surface area contributed by atoms with Crippen molar-refractivity contribution in [3.05, 3.63) is 101 Å². The second-order valence-corrected chi connectivity index (χ2v) is 9.80. The van der Waals surface area contributed by atoms with Gasteiger partial charge >= 0.3 is 0 Å².